The van der Waals surface area contributed by atoms with Crippen molar-refractivity contribution >= 4 is 6.09 Å². The summed E-state index contributed by atoms with van der Waals surface area (Å²) >= 11 is 0. The lowest BCUT2D eigenvalue weighted by Gasteiger charge is -2.20. The van der Waals surface area contributed by atoms with Crippen LogP contribution in [0.2, 0.25) is 0 Å². The third kappa shape index (κ3) is 2.43. The minimum atomic E-state index is -0.892. The Hall–Kier alpha value is -0.610. The van der Waals surface area contributed by atoms with E-state index in [1.54, 1.807) is 14.1 Å². The second kappa shape index (κ2) is 2.80. The van der Waals surface area contributed by atoms with Gasteiger partial charge >= 0.3 is 6.09 Å². The van der Waals surface area contributed by atoms with Gasteiger partial charge in [0.15, 0.2) is 6.73 Å². The summed E-state index contributed by atoms with van der Waals surface area (Å²) in [5.41, 5.74) is 0. The lowest BCUT2D eigenvalue weighted by atomic mass is 10.7. The number of rotatable bonds is 2. The Balaban J connectivity index is 3.85. The number of ether oxygens (including phenoxy) is 1. The van der Waals surface area contributed by atoms with E-state index in [9.17, 15) is 4.79 Å². The van der Waals surface area contributed by atoms with Crippen LogP contribution in [0.25, 0.3) is 0 Å². The highest BCUT2D eigenvalue weighted by molar-refractivity contribution is 5.55. The van der Waals surface area contributed by atoms with Crippen molar-refractivity contribution in [2.24, 2.45) is 0 Å². The van der Waals surface area contributed by atoms with E-state index >= 15 is 0 Å². The van der Waals surface area contributed by atoms with Crippen LogP contribution in [0.4, 0.5) is 4.79 Å². The van der Waals surface area contributed by atoms with Crippen LogP contribution < -0.4 is 0 Å². The molecular weight excluding hydrogens is 122 g/mol. The van der Waals surface area contributed by atoms with Crippen molar-refractivity contribution in [2.45, 2.75) is 0 Å². The lowest BCUT2D eigenvalue weighted by molar-refractivity contribution is -0.838. The maximum atomic E-state index is 10.3. The molecule has 0 aromatic carbocycles. The maximum absolute atomic E-state index is 10.3. The van der Waals surface area contributed by atoms with E-state index in [1.807, 2.05) is 0 Å². The Bertz CT molecular complexity index is 111. The Morgan fingerprint density at radius 2 is 2.11 bits per heavy atom. The number of nitrogens with zero attached hydrogens (tertiary/aromatic N) is 1. The molecule has 0 rings (SSSR count). The van der Waals surface area contributed by atoms with E-state index in [4.69, 9.17) is 5.11 Å². The topological polar surface area (TPSA) is 46.5 Å². The molecule has 0 fully saturated rings. The van der Waals surface area contributed by atoms with Gasteiger partial charge in [-0.3, -0.25) is 0 Å². The minimum Gasteiger partial charge on any atom is -0.435 e. The Morgan fingerprint density at radius 3 is 2.22 bits per heavy atom. The van der Waals surface area contributed by atoms with Crippen LogP contribution >= 0.6 is 0 Å². The Morgan fingerprint density at radius 1 is 1.67 bits per heavy atom. The van der Waals surface area contributed by atoms with Crippen molar-refractivity contribution < 1.29 is 19.1 Å². The average molecular weight is 134 g/mol. The van der Waals surface area contributed by atoms with Gasteiger partial charge in [-0.1, -0.05) is 0 Å². The van der Waals surface area contributed by atoms with Gasteiger partial charge in [-0.25, -0.2) is 4.48 Å². The molecule has 0 aliphatic carbocycles. The standard InChI is InChI=1S/C5H11NO3/c1-6(2,4-9-3)5(7)8/h4H2,1-3H3/p+1. The van der Waals surface area contributed by atoms with Gasteiger partial charge in [-0.2, -0.15) is 4.79 Å². The van der Waals surface area contributed by atoms with Gasteiger partial charge < -0.3 is 9.84 Å². The summed E-state index contributed by atoms with van der Waals surface area (Å²) in [5.74, 6) is 0. The molecule has 0 heterocycles. The fourth-order valence-electron chi connectivity index (χ4n) is 0.378. The molecule has 0 bridgehead atoms. The molecule has 0 aliphatic rings. The highest BCUT2D eigenvalue weighted by atomic mass is 16.5. The third-order valence-electron chi connectivity index (χ3n) is 0.970. The van der Waals surface area contributed by atoms with E-state index in [0.717, 1.165) is 0 Å². The molecule has 1 amide bonds. The smallest absolute Gasteiger partial charge is 0.435 e. The Kier molecular flexibility index (Phi) is 2.61. The zero-order valence-corrected chi connectivity index (χ0v) is 5.92. The first-order chi connectivity index (χ1) is 4.00. The number of hydrogen-bond acceptors (Lipinski definition) is 2. The second-order valence-corrected chi connectivity index (χ2v) is 2.39. The summed E-state index contributed by atoms with van der Waals surface area (Å²) in [5, 5.41) is 8.46. The third-order valence-corrected chi connectivity index (χ3v) is 0.970. The first-order valence-electron chi connectivity index (χ1n) is 2.56. The van der Waals surface area contributed by atoms with E-state index < -0.39 is 6.09 Å². The van der Waals surface area contributed by atoms with Crippen LogP contribution in [-0.2, 0) is 4.74 Å². The monoisotopic (exact) mass is 134 g/mol. The molecule has 4 heteroatoms. The van der Waals surface area contributed by atoms with E-state index in [2.05, 4.69) is 4.74 Å². The zero-order valence-electron chi connectivity index (χ0n) is 5.92. The number of quaternary nitrogens is 1. The molecule has 0 atom stereocenters. The van der Waals surface area contributed by atoms with Gasteiger partial charge in [-0.15, -0.1) is 0 Å². The van der Waals surface area contributed by atoms with Crippen LogP contribution in [-0.4, -0.2) is 43.6 Å². The highest BCUT2D eigenvalue weighted by Gasteiger charge is 2.24. The van der Waals surface area contributed by atoms with Gasteiger partial charge in [0.2, 0.25) is 0 Å². The van der Waals surface area contributed by atoms with Crippen molar-refractivity contribution in [1.29, 1.82) is 0 Å². The van der Waals surface area contributed by atoms with Crippen molar-refractivity contribution in [3.05, 3.63) is 0 Å². The number of amides is 1. The molecule has 0 radical (unpaired) electrons. The molecule has 0 aromatic rings. The molecule has 9 heavy (non-hydrogen) atoms. The summed E-state index contributed by atoms with van der Waals surface area (Å²) < 4.78 is 4.50. The van der Waals surface area contributed by atoms with E-state index in [0.29, 0.717) is 0 Å². The Labute approximate surface area is 54.2 Å². The second-order valence-electron chi connectivity index (χ2n) is 2.39. The van der Waals surface area contributed by atoms with Crippen LogP contribution in [0.5, 0.6) is 0 Å². The fourth-order valence-corrected chi connectivity index (χ4v) is 0.378. The average Bonchev–Trinajstić information content (AvgIpc) is 1.65. The van der Waals surface area contributed by atoms with E-state index in [-0.39, 0.29) is 11.2 Å². The maximum Gasteiger partial charge on any atom is 0.515 e. The van der Waals surface area contributed by atoms with Crippen molar-refractivity contribution in [3.8, 4) is 0 Å². The van der Waals surface area contributed by atoms with Gasteiger partial charge in [-0.05, 0) is 0 Å². The molecule has 1 N–H and O–H groups in total. The minimum absolute atomic E-state index is 0.156. The molecule has 0 aliphatic heterocycles. The molecule has 54 valence electrons. The van der Waals surface area contributed by atoms with Crippen molar-refractivity contribution in [3.63, 3.8) is 0 Å². The number of methoxy groups -OCH3 is 1. The van der Waals surface area contributed by atoms with Crippen molar-refractivity contribution in [1.82, 2.24) is 0 Å². The number of carboxylic acid groups (broad SMARTS) is 1. The fraction of sp³-hybridized carbons (Fsp3) is 0.800. The van der Waals surface area contributed by atoms with Crippen LogP contribution in [0.1, 0.15) is 0 Å². The number of hydrogen-bond donors (Lipinski definition) is 1. The number of carbonyl (C=O) groups is 1. The largest absolute Gasteiger partial charge is 0.515 e. The first kappa shape index (κ1) is 8.39. The van der Waals surface area contributed by atoms with Crippen LogP contribution in [0, 0.1) is 0 Å². The van der Waals surface area contributed by atoms with Gasteiger partial charge in [0.05, 0.1) is 14.1 Å². The quantitative estimate of drug-likeness (QED) is 0.437. The normalized spacial score (nSPS) is 11.4. The zero-order chi connectivity index (χ0) is 7.49. The lowest BCUT2D eigenvalue weighted by Crippen LogP contribution is -2.45. The molecule has 0 spiro atoms. The van der Waals surface area contributed by atoms with Crippen LogP contribution in [0.3, 0.4) is 0 Å². The SMILES string of the molecule is COC[N+](C)(C)C(=O)O. The van der Waals surface area contributed by atoms with Gasteiger partial charge in [0.1, 0.15) is 0 Å². The van der Waals surface area contributed by atoms with Gasteiger partial charge in [0, 0.05) is 7.11 Å². The summed E-state index contributed by atoms with van der Waals surface area (Å²) in [6.07, 6.45) is -0.892. The summed E-state index contributed by atoms with van der Waals surface area (Å²) in [6.45, 7) is 0.190. The molecular formula is C5H12NO3+. The molecule has 4 nitrogen and oxygen atoms in total. The summed E-state index contributed by atoms with van der Waals surface area (Å²) in [4.78, 5) is 10.3. The highest BCUT2D eigenvalue weighted by Crippen LogP contribution is 1.95. The molecule has 0 saturated carbocycles. The van der Waals surface area contributed by atoms with Gasteiger partial charge in [0.25, 0.3) is 0 Å². The predicted molar refractivity (Wildman–Crippen MR) is 32.0 cm³/mol. The van der Waals surface area contributed by atoms with Crippen LogP contribution in [0.15, 0.2) is 0 Å². The molecule has 0 saturated heterocycles. The van der Waals surface area contributed by atoms with Crippen molar-refractivity contribution in [2.75, 3.05) is 27.9 Å². The molecule has 0 aromatic heterocycles. The summed E-state index contributed by atoms with van der Waals surface area (Å²) in [7, 11) is 4.60. The van der Waals surface area contributed by atoms with E-state index in [1.165, 1.54) is 7.11 Å². The summed E-state index contributed by atoms with van der Waals surface area (Å²) in [6, 6.07) is 0. The first-order valence-corrected chi connectivity index (χ1v) is 2.56. The molecule has 0 unspecified atom stereocenters. The predicted octanol–water partition coefficient (Wildman–Crippen LogP) is 0.345.